The maximum atomic E-state index is 13.0. The Hall–Kier alpha value is -1.63. The average Bonchev–Trinajstić information content (AvgIpc) is 2.94. The van der Waals surface area contributed by atoms with Gasteiger partial charge >= 0.3 is 0 Å². The first-order valence-corrected chi connectivity index (χ1v) is 8.85. The number of amides is 2. The lowest BCUT2D eigenvalue weighted by molar-refractivity contribution is -0.136. The number of rotatable bonds is 8. The molecule has 1 heterocycles. The van der Waals surface area contributed by atoms with E-state index < -0.39 is 12.0 Å². The number of carbonyl (C=O) groups excluding carboxylic acids is 2. The van der Waals surface area contributed by atoms with Crippen LogP contribution < -0.4 is 0 Å². The number of methoxy groups -OCH3 is 1. The van der Waals surface area contributed by atoms with Crippen molar-refractivity contribution in [2.45, 2.75) is 19.4 Å². The summed E-state index contributed by atoms with van der Waals surface area (Å²) < 4.78 is 5.11. The first-order chi connectivity index (χ1) is 12.0. The largest absolute Gasteiger partial charge is 0.395 e. The van der Waals surface area contributed by atoms with Gasteiger partial charge in [-0.3, -0.25) is 9.59 Å². The first kappa shape index (κ1) is 19.7. The molecule has 138 valence electrons. The van der Waals surface area contributed by atoms with Gasteiger partial charge in [-0.2, -0.15) is 0 Å². The maximum absolute atomic E-state index is 13.0. The predicted octanol–water partition coefficient (Wildman–Crippen LogP) is 1.72. The van der Waals surface area contributed by atoms with Crippen LogP contribution in [0.4, 0.5) is 0 Å². The summed E-state index contributed by atoms with van der Waals surface area (Å²) in [6, 6.07) is 6.88. The molecular weight excluding hydrogens is 344 g/mol. The molecule has 1 aromatic carbocycles. The Morgan fingerprint density at radius 1 is 1.44 bits per heavy atom. The molecule has 2 amide bonds. The zero-order chi connectivity index (χ0) is 18.4. The molecule has 2 atom stereocenters. The summed E-state index contributed by atoms with van der Waals surface area (Å²) in [5.74, 6) is -0.731. The number of halogens is 1. The van der Waals surface area contributed by atoms with Crippen LogP contribution in [0, 0.1) is 5.92 Å². The van der Waals surface area contributed by atoms with Gasteiger partial charge in [0.15, 0.2) is 0 Å². The molecule has 1 aromatic rings. The van der Waals surface area contributed by atoms with Crippen molar-refractivity contribution in [3.8, 4) is 0 Å². The van der Waals surface area contributed by atoms with E-state index in [9.17, 15) is 14.7 Å². The molecule has 0 spiro atoms. The van der Waals surface area contributed by atoms with Crippen LogP contribution in [0.2, 0.25) is 5.02 Å². The molecule has 0 radical (unpaired) electrons. The van der Waals surface area contributed by atoms with Crippen LogP contribution in [-0.4, -0.2) is 66.7 Å². The van der Waals surface area contributed by atoms with Crippen LogP contribution >= 0.6 is 11.6 Å². The molecule has 1 aliphatic heterocycles. The van der Waals surface area contributed by atoms with E-state index in [0.29, 0.717) is 24.7 Å². The van der Waals surface area contributed by atoms with Crippen molar-refractivity contribution in [2.75, 3.05) is 40.0 Å². The highest BCUT2D eigenvalue weighted by molar-refractivity contribution is 6.31. The second kappa shape index (κ2) is 9.17. The first-order valence-electron chi connectivity index (χ1n) is 8.47. The van der Waals surface area contributed by atoms with Gasteiger partial charge in [0, 0.05) is 38.2 Å². The zero-order valence-electron chi connectivity index (χ0n) is 14.7. The lowest BCUT2D eigenvalue weighted by Gasteiger charge is -2.31. The molecule has 1 aliphatic rings. The fourth-order valence-corrected chi connectivity index (χ4v) is 3.59. The number of ether oxygens (including phenoxy) is 1. The lowest BCUT2D eigenvalue weighted by Crippen LogP contribution is -2.40. The number of hydrogen-bond acceptors (Lipinski definition) is 4. The topological polar surface area (TPSA) is 70.1 Å². The normalized spacial score (nSPS) is 20.2. The van der Waals surface area contributed by atoms with Gasteiger partial charge in [-0.1, -0.05) is 29.8 Å². The van der Waals surface area contributed by atoms with Crippen molar-refractivity contribution in [1.82, 2.24) is 9.80 Å². The molecule has 0 unspecified atom stereocenters. The second-order valence-corrected chi connectivity index (χ2v) is 6.41. The van der Waals surface area contributed by atoms with Gasteiger partial charge in [-0.05, 0) is 18.6 Å². The van der Waals surface area contributed by atoms with E-state index >= 15 is 0 Å². The number of aliphatic hydroxyl groups excluding tert-OH is 1. The minimum atomic E-state index is -0.518. The highest BCUT2D eigenvalue weighted by Crippen LogP contribution is 2.41. The van der Waals surface area contributed by atoms with Gasteiger partial charge in [0.2, 0.25) is 11.8 Å². The number of nitrogens with zero attached hydrogens (tertiary/aromatic N) is 2. The molecule has 0 aromatic heterocycles. The Kier molecular flexibility index (Phi) is 7.23. The van der Waals surface area contributed by atoms with Crippen molar-refractivity contribution in [1.29, 1.82) is 0 Å². The van der Waals surface area contributed by atoms with E-state index in [1.807, 2.05) is 25.1 Å². The minimum Gasteiger partial charge on any atom is -0.395 e. The van der Waals surface area contributed by atoms with Crippen LogP contribution in [0.5, 0.6) is 0 Å². The van der Waals surface area contributed by atoms with Crippen molar-refractivity contribution >= 4 is 23.4 Å². The van der Waals surface area contributed by atoms with Crippen LogP contribution in [0.3, 0.4) is 0 Å². The van der Waals surface area contributed by atoms with E-state index in [4.69, 9.17) is 16.3 Å². The number of likely N-dealkylation sites (tertiary alicyclic amines) is 1. The maximum Gasteiger partial charge on any atom is 0.228 e. The molecule has 1 fully saturated rings. The van der Waals surface area contributed by atoms with Crippen LogP contribution in [0.15, 0.2) is 24.3 Å². The van der Waals surface area contributed by atoms with E-state index in [-0.39, 0.29) is 31.4 Å². The van der Waals surface area contributed by atoms with Gasteiger partial charge in [0.05, 0.1) is 25.2 Å². The third-order valence-corrected chi connectivity index (χ3v) is 4.92. The molecular formula is C18H25ClN2O4. The highest BCUT2D eigenvalue weighted by Gasteiger charge is 2.46. The van der Waals surface area contributed by atoms with Gasteiger partial charge < -0.3 is 19.6 Å². The molecule has 2 rings (SSSR count). The monoisotopic (exact) mass is 368 g/mol. The number of hydrogen-bond donors (Lipinski definition) is 1. The molecule has 1 saturated heterocycles. The third kappa shape index (κ3) is 4.32. The number of aliphatic hydroxyl groups is 1. The molecule has 7 heteroatoms. The minimum absolute atomic E-state index is 0.0830. The summed E-state index contributed by atoms with van der Waals surface area (Å²) in [6.07, 6.45) is 0.139. The molecule has 0 bridgehead atoms. The molecule has 25 heavy (non-hydrogen) atoms. The quantitative estimate of drug-likeness (QED) is 0.758. The zero-order valence-corrected chi connectivity index (χ0v) is 15.4. The van der Waals surface area contributed by atoms with Crippen molar-refractivity contribution in [3.05, 3.63) is 34.9 Å². The van der Waals surface area contributed by atoms with Crippen molar-refractivity contribution in [3.63, 3.8) is 0 Å². The fraction of sp³-hybridized carbons (Fsp3) is 0.556. The van der Waals surface area contributed by atoms with Crippen molar-refractivity contribution in [2.24, 2.45) is 5.92 Å². The fourth-order valence-electron chi connectivity index (χ4n) is 3.34. The number of benzene rings is 1. The Labute approximate surface area is 153 Å². The summed E-state index contributed by atoms with van der Waals surface area (Å²) in [4.78, 5) is 28.8. The van der Waals surface area contributed by atoms with Crippen LogP contribution in [-0.2, 0) is 14.3 Å². The Morgan fingerprint density at radius 3 is 2.76 bits per heavy atom. The predicted molar refractivity (Wildman–Crippen MR) is 95.2 cm³/mol. The molecule has 6 nitrogen and oxygen atoms in total. The Morgan fingerprint density at radius 2 is 2.16 bits per heavy atom. The smallest absolute Gasteiger partial charge is 0.228 e. The molecule has 0 saturated carbocycles. The lowest BCUT2D eigenvalue weighted by atomic mass is 9.92. The Balaban J connectivity index is 2.38. The number of likely N-dealkylation sites (N-methyl/N-ethyl adjacent to an activating group) is 1. The Bertz CT molecular complexity index is 610. The SMILES string of the molecule is CCN(CCO)C(=O)[C@@H]1CC(=O)N(CCOC)[C@H]1c1ccccc1Cl. The highest BCUT2D eigenvalue weighted by atomic mass is 35.5. The van der Waals surface area contributed by atoms with Crippen LogP contribution in [0.1, 0.15) is 24.9 Å². The average molecular weight is 369 g/mol. The summed E-state index contributed by atoms with van der Waals surface area (Å²) in [5.41, 5.74) is 0.768. The van der Waals surface area contributed by atoms with E-state index in [1.54, 1.807) is 23.0 Å². The standard InChI is InChI=1S/C18H25ClN2O4/c1-3-20(8-10-22)18(24)14-12-16(23)21(9-11-25-2)17(14)13-6-4-5-7-15(13)19/h4-7,14,17,22H,3,8-12H2,1-2H3/t14-,17+/m1/s1. The van der Waals surface area contributed by atoms with Crippen LogP contribution in [0.25, 0.3) is 0 Å². The van der Waals surface area contributed by atoms with Gasteiger partial charge in [-0.15, -0.1) is 0 Å². The third-order valence-electron chi connectivity index (χ3n) is 4.57. The van der Waals surface area contributed by atoms with E-state index in [0.717, 1.165) is 5.56 Å². The van der Waals surface area contributed by atoms with Gasteiger partial charge in [0.1, 0.15) is 0 Å². The summed E-state index contributed by atoms with van der Waals surface area (Å²) >= 11 is 6.36. The summed E-state index contributed by atoms with van der Waals surface area (Å²) in [5, 5.41) is 9.73. The van der Waals surface area contributed by atoms with E-state index in [2.05, 4.69) is 0 Å². The van der Waals surface area contributed by atoms with Crippen molar-refractivity contribution < 1.29 is 19.4 Å². The van der Waals surface area contributed by atoms with Gasteiger partial charge in [0.25, 0.3) is 0 Å². The number of carbonyl (C=O) groups is 2. The van der Waals surface area contributed by atoms with Gasteiger partial charge in [-0.25, -0.2) is 0 Å². The molecule has 1 N–H and O–H groups in total. The van der Waals surface area contributed by atoms with E-state index in [1.165, 1.54) is 0 Å². The summed E-state index contributed by atoms with van der Waals surface area (Å²) in [7, 11) is 1.58. The summed E-state index contributed by atoms with van der Waals surface area (Å²) in [6.45, 7) is 3.29. The molecule has 0 aliphatic carbocycles. The second-order valence-electron chi connectivity index (χ2n) is 6.00.